The summed E-state index contributed by atoms with van der Waals surface area (Å²) in [4.78, 5) is 26.4. The highest BCUT2D eigenvalue weighted by Crippen LogP contribution is 2.51. The van der Waals surface area contributed by atoms with Gasteiger partial charge in [0, 0.05) is 34.7 Å². The molecule has 1 aliphatic heterocycles. The van der Waals surface area contributed by atoms with Gasteiger partial charge >= 0.3 is 0 Å². The van der Waals surface area contributed by atoms with Crippen molar-refractivity contribution in [1.29, 1.82) is 0 Å². The Morgan fingerprint density at radius 3 is 2.62 bits per heavy atom. The molecule has 1 spiro atoms. The molecule has 1 aliphatic carbocycles. The van der Waals surface area contributed by atoms with E-state index in [2.05, 4.69) is 10.2 Å². The summed E-state index contributed by atoms with van der Waals surface area (Å²) < 4.78 is 14.8. The second kappa shape index (κ2) is 6.65. The quantitative estimate of drug-likeness (QED) is 0.719. The number of amides is 1. The van der Waals surface area contributed by atoms with Gasteiger partial charge in [-0.1, -0.05) is 31.0 Å². The summed E-state index contributed by atoms with van der Waals surface area (Å²) >= 11 is 0. The number of fused-ring (bicyclic) bond motifs is 2. The van der Waals surface area contributed by atoms with Gasteiger partial charge in [-0.25, -0.2) is 9.49 Å². The number of nitrogens with one attached hydrogen (secondary N) is 1. The van der Waals surface area contributed by atoms with Crippen LogP contribution in [0.3, 0.4) is 0 Å². The van der Waals surface area contributed by atoms with Crippen LogP contribution >= 0.6 is 0 Å². The standard InChI is InChI=1S/C23H20FN3O2/c24-17-7-4-8-19-21(17)23(11-1-2-12-23)14-27(19)22(29)16-6-3-5-15(13-16)18-9-10-20(28)26-25-18/h3-10,13H,1-2,11-12,14H2,(H,26,28). The second-order valence-electron chi connectivity index (χ2n) is 7.90. The normalized spacial score (nSPS) is 16.9. The maximum Gasteiger partial charge on any atom is 0.264 e. The summed E-state index contributed by atoms with van der Waals surface area (Å²) in [6.07, 6.45) is 3.93. The van der Waals surface area contributed by atoms with Crippen molar-refractivity contribution in [3.8, 4) is 11.3 Å². The van der Waals surface area contributed by atoms with E-state index in [1.54, 1.807) is 35.2 Å². The Morgan fingerprint density at radius 2 is 1.86 bits per heavy atom. The lowest BCUT2D eigenvalue weighted by molar-refractivity contribution is 0.0985. The first-order valence-corrected chi connectivity index (χ1v) is 9.84. The van der Waals surface area contributed by atoms with E-state index in [1.165, 1.54) is 12.1 Å². The largest absolute Gasteiger partial charge is 0.307 e. The molecule has 2 heterocycles. The van der Waals surface area contributed by atoms with E-state index in [1.807, 2.05) is 12.1 Å². The van der Waals surface area contributed by atoms with Crippen LogP contribution in [-0.4, -0.2) is 22.6 Å². The van der Waals surface area contributed by atoms with Crippen molar-refractivity contribution in [1.82, 2.24) is 10.2 Å². The zero-order valence-electron chi connectivity index (χ0n) is 15.8. The molecule has 2 aromatic carbocycles. The lowest BCUT2D eigenvalue weighted by Crippen LogP contribution is -2.35. The van der Waals surface area contributed by atoms with E-state index < -0.39 is 0 Å². The number of rotatable bonds is 2. The molecule has 0 radical (unpaired) electrons. The van der Waals surface area contributed by atoms with Crippen molar-refractivity contribution in [2.45, 2.75) is 31.1 Å². The van der Waals surface area contributed by atoms with Crippen molar-refractivity contribution in [2.24, 2.45) is 0 Å². The van der Waals surface area contributed by atoms with Crippen molar-refractivity contribution in [3.05, 3.63) is 81.9 Å². The fourth-order valence-corrected chi connectivity index (χ4v) is 4.84. The van der Waals surface area contributed by atoms with Gasteiger partial charge in [0.1, 0.15) is 5.82 Å². The van der Waals surface area contributed by atoms with E-state index in [9.17, 15) is 14.0 Å². The number of hydrogen-bond acceptors (Lipinski definition) is 3. The van der Waals surface area contributed by atoms with Crippen LogP contribution in [0.1, 0.15) is 41.6 Å². The highest BCUT2D eigenvalue weighted by Gasteiger charge is 2.48. The molecule has 3 aromatic rings. The first-order valence-electron chi connectivity index (χ1n) is 9.84. The Kier molecular flexibility index (Phi) is 4.08. The molecular formula is C23H20FN3O2. The van der Waals surface area contributed by atoms with Gasteiger partial charge in [0.05, 0.1) is 11.4 Å². The minimum Gasteiger partial charge on any atom is -0.307 e. The minimum atomic E-state index is -0.279. The first-order chi connectivity index (χ1) is 14.1. The van der Waals surface area contributed by atoms with Gasteiger partial charge in [-0.2, -0.15) is 5.10 Å². The molecule has 2 aliphatic rings. The van der Waals surface area contributed by atoms with Gasteiger partial charge in [0.15, 0.2) is 0 Å². The number of nitrogens with zero attached hydrogens (tertiary/aromatic N) is 2. The molecule has 1 saturated carbocycles. The third-order valence-corrected chi connectivity index (χ3v) is 6.16. The van der Waals surface area contributed by atoms with Crippen LogP contribution in [0, 0.1) is 5.82 Å². The van der Waals surface area contributed by atoms with Crippen molar-refractivity contribution >= 4 is 11.6 Å². The molecule has 1 aromatic heterocycles. The van der Waals surface area contributed by atoms with Crippen LogP contribution in [0.15, 0.2) is 59.4 Å². The van der Waals surface area contributed by atoms with Gasteiger partial charge in [0.2, 0.25) is 0 Å². The number of hydrogen-bond donors (Lipinski definition) is 1. The SMILES string of the molecule is O=C(c1cccc(-c2ccc(=O)[nH]n2)c1)N1CC2(CCCC2)c2c(F)cccc21. The summed E-state index contributed by atoms with van der Waals surface area (Å²) in [6.45, 7) is 0.517. The number of H-pyrrole nitrogens is 1. The van der Waals surface area contributed by atoms with Crippen LogP contribution in [0.5, 0.6) is 0 Å². The molecule has 0 unspecified atom stereocenters. The number of anilines is 1. The van der Waals surface area contributed by atoms with Gasteiger partial charge in [-0.05, 0) is 43.2 Å². The average Bonchev–Trinajstić information content (AvgIpc) is 3.34. The lowest BCUT2D eigenvalue weighted by Gasteiger charge is -2.25. The first kappa shape index (κ1) is 17.8. The highest BCUT2D eigenvalue weighted by molar-refractivity contribution is 6.08. The number of aromatic amines is 1. The molecule has 146 valence electrons. The van der Waals surface area contributed by atoms with Gasteiger partial charge < -0.3 is 4.90 Å². The number of carbonyl (C=O) groups is 1. The zero-order valence-corrected chi connectivity index (χ0v) is 15.8. The topological polar surface area (TPSA) is 66.1 Å². The second-order valence-corrected chi connectivity index (χ2v) is 7.90. The summed E-state index contributed by atoms with van der Waals surface area (Å²) in [5.41, 5.74) is 2.67. The summed E-state index contributed by atoms with van der Waals surface area (Å²) in [5.74, 6) is -0.363. The Bertz CT molecular complexity index is 1140. The summed E-state index contributed by atoms with van der Waals surface area (Å²) in [7, 11) is 0. The molecule has 1 amide bonds. The predicted octanol–water partition coefficient (Wildman–Crippen LogP) is 4.05. The Balaban J connectivity index is 1.54. The van der Waals surface area contributed by atoms with Gasteiger partial charge in [-0.15, -0.1) is 0 Å². The number of benzene rings is 2. The molecule has 0 atom stereocenters. The van der Waals surface area contributed by atoms with E-state index in [0.717, 1.165) is 31.2 Å². The Morgan fingerprint density at radius 1 is 1.07 bits per heavy atom. The molecule has 0 bridgehead atoms. The number of aromatic nitrogens is 2. The number of carbonyl (C=O) groups excluding carboxylic acids is 1. The van der Waals surface area contributed by atoms with E-state index in [-0.39, 0.29) is 22.7 Å². The van der Waals surface area contributed by atoms with Crippen molar-refractivity contribution in [3.63, 3.8) is 0 Å². The lowest BCUT2D eigenvalue weighted by atomic mass is 9.80. The van der Waals surface area contributed by atoms with Crippen LogP contribution in [-0.2, 0) is 5.41 Å². The van der Waals surface area contributed by atoms with E-state index in [0.29, 0.717) is 29.1 Å². The molecule has 6 heteroatoms. The van der Waals surface area contributed by atoms with Crippen LogP contribution in [0.2, 0.25) is 0 Å². The van der Waals surface area contributed by atoms with Crippen molar-refractivity contribution in [2.75, 3.05) is 11.4 Å². The van der Waals surface area contributed by atoms with Crippen LogP contribution < -0.4 is 10.5 Å². The maximum absolute atomic E-state index is 14.8. The zero-order chi connectivity index (χ0) is 20.0. The van der Waals surface area contributed by atoms with Gasteiger partial charge in [-0.3, -0.25) is 9.59 Å². The minimum absolute atomic E-state index is 0.146. The average molecular weight is 389 g/mol. The maximum atomic E-state index is 14.8. The van der Waals surface area contributed by atoms with Crippen molar-refractivity contribution < 1.29 is 9.18 Å². The highest BCUT2D eigenvalue weighted by atomic mass is 19.1. The van der Waals surface area contributed by atoms with E-state index in [4.69, 9.17) is 0 Å². The Hall–Kier alpha value is -3.28. The molecular weight excluding hydrogens is 369 g/mol. The molecule has 29 heavy (non-hydrogen) atoms. The fraction of sp³-hybridized carbons (Fsp3) is 0.261. The molecule has 5 nitrogen and oxygen atoms in total. The molecule has 0 saturated heterocycles. The third kappa shape index (κ3) is 2.87. The predicted molar refractivity (Wildman–Crippen MR) is 109 cm³/mol. The summed E-state index contributed by atoms with van der Waals surface area (Å²) in [6, 6.07) is 15.2. The van der Waals surface area contributed by atoms with Crippen LogP contribution in [0.4, 0.5) is 10.1 Å². The Labute approximate surface area is 167 Å². The smallest absolute Gasteiger partial charge is 0.264 e. The monoisotopic (exact) mass is 389 g/mol. The van der Waals surface area contributed by atoms with Crippen LogP contribution in [0.25, 0.3) is 11.3 Å². The number of halogens is 1. The van der Waals surface area contributed by atoms with Gasteiger partial charge in [0.25, 0.3) is 11.5 Å². The fourth-order valence-electron chi connectivity index (χ4n) is 4.84. The van der Waals surface area contributed by atoms with E-state index >= 15 is 0 Å². The summed E-state index contributed by atoms with van der Waals surface area (Å²) in [5, 5.41) is 6.45. The third-order valence-electron chi connectivity index (χ3n) is 6.16. The molecule has 1 fully saturated rings. The molecule has 5 rings (SSSR count). The molecule has 1 N–H and O–H groups in total.